The third-order valence-electron chi connectivity index (χ3n) is 5.05. The molecule has 9 nitrogen and oxygen atoms in total. The number of rotatable bonds is 9. The molecule has 0 spiro atoms. The smallest absolute Gasteiger partial charge is 0.340 e. The minimum absolute atomic E-state index is 0.263. The summed E-state index contributed by atoms with van der Waals surface area (Å²) in [6, 6.07) is 17.2. The summed E-state index contributed by atoms with van der Waals surface area (Å²) >= 11 is 0. The molecular weight excluding hydrogens is 436 g/mol. The molecule has 0 bridgehead atoms. The van der Waals surface area contributed by atoms with Gasteiger partial charge in [-0.25, -0.2) is 9.78 Å². The lowest BCUT2D eigenvalue weighted by Crippen LogP contribution is -2.21. The highest BCUT2D eigenvalue weighted by atomic mass is 16.5. The van der Waals surface area contributed by atoms with E-state index in [0.29, 0.717) is 34.5 Å². The van der Waals surface area contributed by atoms with E-state index in [-0.39, 0.29) is 11.5 Å². The van der Waals surface area contributed by atoms with Crippen molar-refractivity contribution in [2.24, 2.45) is 0 Å². The van der Waals surface area contributed by atoms with Gasteiger partial charge < -0.3 is 25.4 Å². The van der Waals surface area contributed by atoms with Crippen molar-refractivity contribution in [1.29, 1.82) is 0 Å². The molecule has 2 amide bonds. The van der Waals surface area contributed by atoms with Gasteiger partial charge in [-0.3, -0.25) is 9.59 Å². The second kappa shape index (κ2) is 10.5. The Kier molecular flexibility index (Phi) is 7.02. The van der Waals surface area contributed by atoms with Crippen LogP contribution in [0.1, 0.15) is 33.6 Å². The molecule has 0 atom stereocenters. The molecule has 4 rings (SSSR count). The first-order valence-electron chi connectivity index (χ1n) is 10.8. The monoisotopic (exact) mass is 460 g/mol. The third kappa shape index (κ3) is 6.10. The minimum atomic E-state index is -0.635. The largest absolute Gasteiger partial charge is 0.495 e. The number of carbonyl (C=O) groups is 3. The Balaban J connectivity index is 1.25. The Morgan fingerprint density at radius 2 is 1.68 bits per heavy atom. The molecule has 1 aromatic heterocycles. The maximum absolute atomic E-state index is 12.5. The highest BCUT2D eigenvalue weighted by molar-refractivity contribution is 6.05. The van der Waals surface area contributed by atoms with Crippen molar-refractivity contribution in [2.75, 3.05) is 29.7 Å². The molecule has 3 aromatic rings. The van der Waals surface area contributed by atoms with Crippen LogP contribution in [0.25, 0.3) is 0 Å². The van der Waals surface area contributed by atoms with Crippen LogP contribution >= 0.6 is 0 Å². The van der Waals surface area contributed by atoms with Gasteiger partial charge in [0.25, 0.3) is 11.8 Å². The van der Waals surface area contributed by atoms with Crippen LogP contribution in [-0.2, 0) is 9.53 Å². The number of hydrogen-bond donors (Lipinski definition) is 3. The minimum Gasteiger partial charge on any atom is -0.495 e. The molecule has 1 aliphatic rings. The molecule has 0 radical (unpaired) electrons. The second-order valence-electron chi connectivity index (χ2n) is 7.71. The van der Waals surface area contributed by atoms with Crippen molar-refractivity contribution in [2.45, 2.75) is 18.9 Å². The van der Waals surface area contributed by atoms with E-state index >= 15 is 0 Å². The van der Waals surface area contributed by atoms with Gasteiger partial charge in [0.15, 0.2) is 6.61 Å². The van der Waals surface area contributed by atoms with Crippen LogP contribution < -0.4 is 20.7 Å². The Labute approximate surface area is 196 Å². The molecule has 9 heteroatoms. The number of carbonyl (C=O) groups excluding carboxylic acids is 3. The van der Waals surface area contributed by atoms with Crippen LogP contribution in [-0.4, -0.2) is 42.5 Å². The summed E-state index contributed by atoms with van der Waals surface area (Å²) in [5.74, 6) is -0.195. The number of para-hydroxylation sites is 2. The highest BCUT2D eigenvalue weighted by Crippen LogP contribution is 2.24. The van der Waals surface area contributed by atoms with Gasteiger partial charge in [0.05, 0.1) is 18.4 Å². The van der Waals surface area contributed by atoms with Gasteiger partial charge in [-0.1, -0.05) is 12.1 Å². The van der Waals surface area contributed by atoms with Crippen molar-refractivity contribution in [3.63, 3.8) is 0 Å². The zero-order valence-electron chi connectivity index (χ0n) is 18.5. The van der Waals surface area contributed by atoms with Crippen molar-refractivity contribution in [3.8, 4) is 5.75 Å². The number of benzene rings is 2. The van der Waals surface area contributed by atoms with E-state index in [2.05, 4.69) is 20.9 Å². The standard InChI is InChI=1S/C25H24N4O5/c1-33-21-5-3-2-4-20(21)29-24(31)16-6-9-19(10-7-16)28-23(30)15-34-25(32)17-8-13-22(26-14-17)27-18-11-12-18/h2-10,13-14,18H,11-12,15H2,1H3,(H,26,27)(H,28,30)(H,29,31). The van der Waals surface area contributed by atoms with Crippen LogP contribution in [0.15, 0.2) is 66.9 Å². The van der Waals surface area contributed by atoms with Gasteiger partial charge >= 0.3 is 5.97 Å². The van der Waals surface area contributed by atoms with E-state index < -0.39 is 18.5 Å². The summed E-state index contributed by atoms with van der Waals surface area (Å²) < 4.78 is 10.3. The van der Waals surface area contributed by atoms with Crippen LogP contribution in [0, 0.1) is 0 Å². The molecule has 3 N–H and O–H groups in total. The van der Waals surface area contributed by atoms with Gasteiger partial charge in [0, 0.05) is 23.5 Å². The predicted molar refractivity (Wildman–Crippen MR) is 127 cm³/mol. The lowest BCUT2D eigenvalue weighted by Gasteiger charge is -2.10. The molecule has 2 aromatic carbocycles. The van der Waals surface area contributed by atoms with E-state index in [9.17, 15) is 14.4 Å². The molecule has 174 valence electrons. The summed E-state index contributed by atoms with van der Waals surface area (Å²) in [6.45, 7) is -0.447. The first kappa shape index (κ1) is 22.8. The number of ether oxygens (including phenoxy) is 2. The summed E-state index contributed by atoms with van der Waals surface area (Å²) in [5.41, 5.74) is 1.69. The fourth-order valence-corrected chi connectivity index (χ4v) is 3.10. The van der Waals surface area contributed by atoms with Crippen molar-refractivity contribution >= 4 is 35.0 Å². The fraction of sp³-hybridized carbons (Fsp3) is 0.200. The summed E-state index contributed by atoms with van der Waals surface area (Å²) in [6.07, 6.45) is 3.67. The number of methoxy groups -OCH3 is 1. The first-order chi connectivity index (χ1) is 16.5. The number of pyridine rings is 1. The molecular formula is C25H24N4O5. The van der Waals surface area contributed by atoms with Gasteiger partial charge in [0.1, 0.15) is 11.6 Å². The summed E-state index contributed by atoms with van der Waals surface area (Å²) in [4.78, 5) is 41.0. The quantitative estimate of drug-likeness (QED) is 0.417. The number of amides is 2. The fourth-order valence-electron chi connectivity index (χ4n) is 3.10. The van der Waals surface area contributed by atoms with Crippen molar-refractivity contribution in [3.05, 3.63) is 78.0 Å². The molecule has 0 saturated heterocycles. The van der Waals surface area contributed by atoms with Crippen molar-refractivity contribution in [1.82, 2.24) is 4.98 Å². The molecule has 1 fully saturated rings. The van der Waals surface area contributed by atoms with Gasteiger partial charge in [0.2, 0.25) is 0 Å². The third-order valence-corrected chi connectivity index (χ3v) is 5.05. The molecule has 0 unspecified atom stereocenters. The van der Waals surface area contributed by atoms with E-state index in [1.165, 1.54) is 13.3 Å². The van der Waals surface area contributed by atoms with Crippen LogP contribution in [0.3, 0.4) is 0 Å². The number of anilines is 3. The van der Waals surface area contributed by atoms with E-state index in [1.54, 1.807) is 54.6 Å². The van der Waals surface area contributed by atoms with Crippen LogP contribution in [0.2, 0.25) is 0 Å². The van der Waals surface area contributed by atoms with E-state index in [1.807, 2.05) is 6.07 Å². The molecule has 0 aliphatic heterocycles. The summed E-state index contributed by atoms with van der Waals surface area (Å²) in [5, 5.41) is 8.64. The average Bonchev–Trinajstić information content (AvgIpc) is 3.68. The second-order valence-corrected chi connectivity index (χ2v) is 7.71. The lowest BCUT2D eigenvalue weighted by molar-refractivity contribution is -0.119. The predicted octanol–water partition coefficient (Wildman–Crippen LogP) is 3.71. The Morgan fingerprint density at radius 1 is 0.941 bits per heavy atom. The van der Waals surface area contributed by atoms with Gasteiger partial charge in [-0.05, 0) is 61.4 Å². The number of esters is 1. The Bertz CT molecular complexity index is 1170. The van der Waals surface area contributed by atoms with Gasteiger partial charge in [-0.2, -0.15) is 0 Å². The number of nitrogens with one attached hydrogen (secondary N) is 3. The number of nitrogens with zero attached hydrogens (tertiary/aromatic N) is 1. The molecule has 1 heterocycles. The molecule has 1 saturated carbocycles. The Morgan fingerprint density at radius 3 is 2.35 bits per heavy atom. The maximum Gasteiger partial charge on any atom is 0.340 e. The zero-order chi connectivity index (χ0) is 23.9. The molecule has 34 heavy (non-hydrogen) atoms. The van der Waals surface area contributed by atoms with Crippen molar-refractivity contribution < 1.29 is 23.9 Å². The normalized spacial score (nSPS) is 12.4. The Hall–Kier alpha value is -4.40. The number of hydrogen-bond acceptors (Lipinski definition) is 7. The maximum atomic E-state index is 12.5. The molecule has 1 aliphatic carbocycles. The lowest BCUT2D eigenvalue weighted by atomic mass is 10.2. The topological polar surface area (TPSA) is 119 Å². The van der Waals surface area contributed by atoms with E-state index in [0.717, 1.165) is 12.8 Å². The van der Waals surface area contributed by atoms with E-state index in [4.69, 9.17) is 9.47 Å². The number of aromatic nitrogens is 1. The average molecular weight is 460 g/mol. The van der Waals surface area contributed by atoms with Crippen LogP contribution in [0.4, 0.5) is 17.2 Å². The van der Waals surface area contributed by atoms with Gasteiger partial charge in [-0.15, -0.1) is 0 Å². The highest BCUT2D eigenvalue weighted by Gasteiger charge is 2.21. The SMILES string of the molecule is COc1ccccc1NC(=O)c1ccc(NC(=O)COC(=O)c2ccc(NC3CC3)nc2)cc1. The zero-order valence-corrected chi connectivity index (χ0v) is 18.5. The summed E-state index contributed by atoms with van der Waals surface area (Å²) in [7, 11) is 1.53. The van der Waals surface area contributed by atoms with Crippen LogP contribution in [0.5, 0.6) is 5.75 Å². The first-order valence-corrected chi connectivity index (χ1v) is 10.8.